The van der Waals surface area contributed by atoms with Gasteiger partial charge in [0.2, 0.25) is 0 Å². The molecule has 0 amide bonds. The van der Waals surface area contributed by atoms with Gasteiger partial charge in [-0.25, -0.2) is 0 Å². The van der Waals surface area contributed by atoms with Crippen molar-refractivity contribution in [2.75, 3.05) is 11.9 Å². The van der Waals surface area contributed by atoms with Gasteiger partial charge in [-0.3, -0.25) is 0 Å². The molecule has 4 rings (SSSR count). The van der Waals surface area contributed by atoms with Crippen LogP contribution in [-0.2, 0) is 6.42 Å². The van der Waals surface area contributed by atoms with Crippen molar-refractivity contribution in [2.24, 2.45) is 0 Å². The summed E-state index contributed by atoms with van der Waals surface area (Å²) in [6.07, 6.45) is 1.08. The number of nitrogens with zero attached hydrogens (tertiary/aromatic N) is 1. The van der Waals surface area contributed by atoms with Crippen molar-refractivity contribution in [1.29, 1.82) is 0 Å². The molecule has 23 heavy (non-hydrogen) atoms. The van der Waals surface area contributed by atoms with Crippen LogP contribution in [0.5, 0.6) is 0 Å². The van der Waals surface area contributed by atoms with Gasteiger partial charge in [0.1, 0.15) is 0 Å². The molecule has 0 fully saturated rings. The lowest BCUT2D eigenvalue weighted by Crippen LogP contribution is -2.08. The average molecular weight is 317 g/mol. The monoisotopic (exact) mass is 317 g/mol. The molecule has 0 spiro atoms. The van der Waals surface area contributed by atoms with Gasteiger partial charge in [0.05, 0.1) is 10.4 Å². The van der Waals surface area contributed by atoms with Crippen molar-refractivity contribution in [3.63, 3.8) is 0 Å². The zero-order chi connectivity index (χ0) is 15.8. The lowest BCUT2D eigenvalue weighted by molar-refractivity contribution is 1.16. The number of anilines is 2. The molecule has 1 aromatic heterocycles. The molecule has 114 valence electrons. The Morgan fingerprint density at radius 3 is 2.22 bits per heavy atom. The van der Waals surface area contributed by atoms with E-state index in [-0.39, 0.29) is 0 Å². The van der Waals surface area contributed by atoms with E-state index < -0.39 is 0 Å². The summed E-state index contributed by atoms with van der Waals surface area (Å²) in [4.78, 5) is 2.28. The highest BCUT2D eigenvalue weighted by Gasteiger charge is 2.13. The van der Waals surface area contributed by atoms with Crippen LogP contribution in [0.15, 0.2) is 66.7 Å². The number of thiophene rings is 1. The van der Waals surface area contributed by atoms with Crippen LogP contribution < -0.4 is 4.90 Å². The molecule has 0 bridgehead atoms. The van der Waals surface area contributed by atoms with Crippen molar-refractivity contribution < 1.29 is 0 Å². The van der Waals surface area contributed by atoms with Gasteiger partial charge in [-0.2, -0.15) is 0 Å². The van der Waals surface area contributed by atoms with Gasteiger partial charge < -0.3 is 4.90 Å². The van der Waals surface area contributed by atoms with Gasteiger partial charge in [-0.15, -0.1) is 11.3 Å². The van der Waals surface area contributed by atoms with E-state index >= 15 is 0 Å². The lowest BCUT2D eigenvalue weighted by atomic mass is 10.1. The Balaban J connectivity index is 1.98. The van der Waals surface area contributed by atoms with Gasteiger partial charge in [0.25, 0.3) is 0 Å². The Morgan fingerprint density at radius 2 is 1.48 bits per heavy atom. The van der Waals surface area contributed by atoms with Crippen LogP contribution in [0.2, 0.25) is 0 Å². The number of hydrogen-bond acceptors (Lipinski definition) is 2. The summed E-state index contributed by atoms with van der Waals surface area (Å²) in [5.74, 6) is 0. The molecule has 0 unspecified atom stereocenters. The fraction of sp³-hybridized carbons (Fsp3) is 0.143. The van der Waals surface area contributed by atoms with E-state index in [1.54, 1.807) is 0 Å². The van der Waals surface area contributed by atoms with Crippen molar-refractivity contribution >= 4 is 42.9 Å². The minimum Gasteiger partial charge on any atom is -0.343 e. The van der Waals surface area contributed by atoms with E-state index in [0.29, 0.717) is 0 Å². The van der Waals surface area contributed by atoms with Gasteiger partial charge in [0, 0.05) is 28.2 Å². The van der Waals surface area contributed by atoms with Crippen LogP contribution >= 0.6 is 11.3 Å². The summed E-state index contributed by atoms with van der Waals surface area (Å²) in [7, 11) is 2.15. The Kier molecular flexibility index (Phi) is 3.55. The Hall–Kier alpha value is -2.32. The van der Waals surface area contributed by atoms with E-state index in [9.17, 15) is 0 Å². The van der Waals surface area contributed by atoms with Crippen LogP contribution in [0, 0.1) is 0 Å². The van der Waals surface area contributed by atoms with Crippen LogP contribution in [0.1, 0.15) is 12.5 Å². The quantitative estimate of drug-likeness (QED) is 0.423. The maximum atomic E-state index is 2.28. The van der Waals surface area contributed by atoms with Crippen LogP contribution in [-0.4, -0.2) is 7.05 Å². The molecule has 0 aliphatic carbocycles. The number of aryl methyl sites for hydroxylation is 1. The van der Waals surface area contributed by atoms with E-state index in [4.69, 9.17) is 0 Å². The fourth-order valence-electron chi connectivity index (χ4n) is 3.20. The first-order valence-corrected chi connectivity index (χ1v) is 8.83. The Bertz CT molecular complexity index is 969. The lowest BCUT2D eigenvalue weighted by Gasteiger charge is -2.20. The first-order chi connectivity index (χ1) is 11.3. The SMILES string of the molecule is CCc1cccc2c1sc1c(N(C)c3ccccc3)cccc12. The van der Waals surface area contributed by atoms with Crippen molar-refractivity contribution in [1.82, 2.24) is 0 Å². The number of fused-ring (bicyclic) bond motifs is 3. The van der Waals surface area contributed by atoms with Crippen molar-refractivity contribution in [3.8, 4) is 0 Å². The molecule has 0 radical (unpaired) electrons. The van der Waals surface area contributed by atoms with Crippen molar-refractivity contribution in [2.45, 2.75) is 13.3 Å². The highest BCUT2D eigenvalue weighted by molar-refractivity contribution is 7.26. The van der Waals surface area contributed by atoms with Crippen LogP contribution in [0.25, 0.3) is 20.2 Å². The maximum Gasteiger partial charge on any atom is 0.0592 e. The fourth-order valence-corrected chi connectivity index (χ4v) is 4.63. The number of hydrogen-bond donors (Lipinski definition) is 0. The summed E-state index contributed by atoms with van der Waals surface area (Å²) >= 11 is 1.92. The van der Waals surface area contributed by atoms with Crippen LogP contribution in [0.3, 0.4) is 0 Å². The molecule has 4 aromatic rings. The summed E-state index contributed by atoms with van der Waals surface area (Å²) in [6.45, 7) is 2.23. The zero-order valence-corrected chi connectivity index (χ0v) is 14.2. The second-order valence-corrected chi connectivity index (χ2v) is 6.82. The molecule has 0 saturated heterocycles. The molecule has 1 nitrogen and oxygen atoms in total. The van der Waals surface area contributed by atoms with Gasteiger partial charge in [-0.1, -0.05) is 55.5 Å². The van der Waals surface area contributed by atoms with E-state index in [0.717, 1.165) is 6.42 Å². The molecule has 0 N–H and O–H groups in total. The van der Waals surface area contributed by atoms with Gasteiger partial charge in [-0.05, 0) is 30.2 Å². The molecular weight excluding hydrogens is 298 g/mol. The van der Waals surface area contributed by atoms with E-state index in [1.807, 2.05) is 11.3 Å². The van der Waals surface area contributed by atoms with Crippen LogP contribution in [0.4, 0.5) is 11.4 Å². The third-order valence-corrected chi connectivity index (χ3v) is 5.79. The highest BCUT2D eigenvalue weighted by Crippen LogP contribution is 2.42. The van der Waals surface area contributed by atoms with Crippen molar-refractivity contribution in [3.05, 3.63) is 72.3 Å². The predicted molar refractivity (Wildman–Crippen MR) is 103 cm³/mol. The Labute approximate surface area is 140 Å². The molecule has 0 atom stereocenters. The molecule has 0 aliphatic heterocycles. The van der Waals surface area contributed by atoms with Gasteiger partial charge >= 0.3 is 0 Å². The molecule has 0 aliphatic rings. The second kappa shape index (κ2) is 5.71. The largest absolute Gasteiger partial charge is 0.343 e. The molecular formula is C21H19NS. The first-order valence-electron chi connectivity index (χ1n) is 8.01. The minimum atomic E-state index is 1.08. The first kappa shape index (κ1) is 14.3. The topological polar surface area (TPSA) is 3.24 Å². The third kappa shape index (κ3) is 2.30. The smallest absolute Gasteiger partial charge is 0.0592 e. The number of rotatable bonds is 3. The Morgan fingerprint density at radius 1 is 0.783 bits per heavy atom. The predicted octanol–water partition coefficient (Wildman–Crippen LogP) is 6.38. The highest BCUT2D eigenvalue weighted by atomic mass is 32.1. The normalized spacial score (nSPS) is 11.2. The maximum absolute atomic E-state index is 2.28. The zero-order valence-electron chi connectivity index (χ0n) is 13.4. The molecule has 0 saturated carbocycles. The molecule has 3 aromatic carbocycles. The summed E-state index contributed by atoms with van der Waals surface area (Å²) in [6, 6.07) is 23.9. The molecule has 1 heterocycles. The minimum absolute atomic E-state index is 1.08. The third-order valence-electron chi connectivity index (χ3n) is 4.47. The number of para-hydroxylation sites is 1. The standard InChI is InChI=1S/C21H19NS/c1-3-15-9-7-12-17-18-13-8-14-19(21(18)23-20(15)17)22(2)16-10-5-4-6-11-16/h4-14H,3H2,1-2H3. The summed E-state index contributed by atoms with van der Waals surface area (Å²) < 4.78 is 2.80. The average Bonchev–Trinajstić information content (AvgIpc) is 3.00. The molecule has 2 heteroatoms. The van der Waals surface area contributed by atoms with Gasteiger partial charge in [0.15, 0.2) is 0 Å². The second-order valence-electron chi connectivity index (χ2n) is 5.80. The number of benzene rings is 3. The van der Waals surface area contributed by atoms with E-state index in [2.05, 4.69) is 85.6 Å². The summed E-state index contributed by atoms with van der Waals surface area (Å²) in [5, 5.41) is 2.74. The van der Waals surface area contributed by atoms with E-state index in [1.165, 1.54) is 37.1 Å². The summed E-state index contributed by atoms with van der Waals surface area (Å²) in [5.41, 5.74) is 3.93.